The van der Waals surface area contributed by atoms with Gasteiger partial charge in [0, 0.05) is 31.4 Å². The number of likely N-dealkylation sites (tertiary alicyclic amines) is 1. The van der Waals surface area contributed by atoms with Gasteiger partial charge in [-0.1, -0.05) is 24.3 Å². The molecule has 0 radical (unpaired) electrons. The predicted octanol–water partition coefficient (Wildman–Crippen LogP) is 3.29. The molecule has 1 aliphatic heterocycles. The summed E-state index contributed by atoms with van der Waals surface area (Å²) < 4.78 is 0. The van der Waals surface area contributed by atoms with Crippen LogP contribution in [-0.4, -0.2) is 46.7 Å². The highest BCUT2D eigenvalue weighted by atomic mass is 127. The summed E-state index contributed by atoms with van der Waals surface area (Å²) in [5.41, 5.74) is 3.25. The highest BCUT2D eigenvalue weighted by molar-refractivity contribution is 14.0. The van der Waals surface area contributed by atoms with Crippen LogP contribution in [0.25, 0.3) is 11.3 Å². The quantitative estimate of drug-likeness (QED) is 0.413. The number of nitrogens with one attached hydrogen (secondary N) is 1. The number of piperidine rings is 1. The van der Waals surface area contributed by atoms with Gasteiger partial charge in [-0.05, 0) is 43.5 Å². The van der Waals surface area contributed by atoms with Crippen molar-refractivity contribution in [2.45, 2.75) is 32.4 Å². The lowest BCUT2D eigenvalue weighted by Crippen LogP contribution is -2.46. The van der Waals surface area contributed by atoms with Crippen LogP contribution in [0.1, 0.15) is 25.3 Å². The van der Waals surface area contributed by atoms with Crippen molar-refractivity contribution in [2.24, 2.45) is 4.99 Å². The number of benzene rings is 1. The van der Waals surface area contributed by atoms with E-state index in [1.807, 2.05) is 24.4 Å². The van der Waals surface area contributed by atoms with E-state index in [2.05, 4.69) is 46.4 Å². The summed E-state index contributed by atoms with van der Waals surface area (Å²) in [7, 11) is 0. The van der Waals surface area contributed by atoms with Crippen LogP contribution in [0.15, 0.2) is 53.7 Å². The molecule has 1 fully saturated rings. The van der Waals surface area contributed by atoms with Gasteiger partial charge >= 0.3 is 0 Å². The molecule has 0 saturated carbocycles. The molecule has 3 rings (SSSR count). The molecule has 0 aliphatic carbocycles. The molecule has 1 aliphatic rings. The number of pyridine rings is 1. The van der Waals surface area contributed by atoms with Crippen molar-refractivity contribution in [3.63, 3.8) is 0 Å². The van der Waals surface area contributed by atoms with E-state index in [-0.39, 0.29) is 30.1 Å². The molecule has 1 aromatic heterocycles. The van der Waals surface area contributed by atoms with Crippen molar-refractivity contribution in [2.75, 3.05) is 19.6 Å². The number of hydrogen-bond acceptors (Lipinski definition) is 3. The van der Waals surface area contributed by atoms with Crippen molar-refractivity contribution in [1.82, 2.24) is 15.2 Å². The van der Waals surface area contributed by atoms with E-state index in [1.165, 1.54) is 0 Å². The van der Waals surface area contributed by atoms with Crippen molar-refractivity contribution >= 4 is 29.9 Å². The Labute approximate surface area is 172 Å². The fourth-order valence-corrected chi connectivity index (χ4v) is 3.03. The zero-order valence-electron chi connectivity index (χ0n) is 15.1. The van der Waals surface area contributed by atoms with Gasteiger partial charge in [0.2, 0.25) is 0 Å². The van der Waals surface area contributed by atoms with Gasteiger partial charge in [-0.3, -0.25) is 4.98 Å². The molecule has 1 saturated heterocycles. The first-order chi connectivity index (χ1) is 12.3. The molecule has 6 heteroatoms. The van der Waals surface area contributed by atoms with E-state index in [0.717, 1.165) is 55.3 Å². The predicted molar refractivity (Wildman–Crippen MR) is 117 cm³/mol. The van der Waals surface area contributed by atoms with Crippen molar-refractivity contribution in [1.29, 1.82) is 0 Å². The highest BCUT2D eigenvalue weighted by Crippen LogP contribution is 2.18. The van der Waals surface area contributed by atoms with Gasteiger partial charge in [0.25, 0.3) is 0 Å². The number of halogens is 1. The third-order valence-corrected chi connectivity index (χ3v) is 4.40. The van der Waals surface area contributed by atoms with E-state index in [1.54, 1.807) is 0 Å². The summed E-state index contributed by atoms with van der Waals surface area (Å²) in [6.07, 6.45) is 3.25. The van der Waals surface area contributed by atoms with Gasteiger partial charge < -0.3 is 15.3 Å². The normalized spacial score (nSPS) is 15.5. The zero-order chi connectivity index (χ0) is 17.5. The van der Waals surface area contributed by atoms with Crippen LogP contribution in [0.5, 0.6) is 0 Å². The number of hydrogen-bond donors (Lipinski definition) is 2. The summed E-state index contributed by atoms with van der Waals surface area (Å²) in [5, 5.41) is 13.1. The van der Waals surface area contributed by atoms with Crippen LogP contribution in [0.4, 0.5) is 0 Å². The topological polar surface area (TPSA) is 60.8 Å². The van der Waals surface area contributed by atoms with E-state index in [0.29, 0.717) is 6.54 Å². The van der Waals surface area contributed by atoms with Crippen LogP contribution in [0, 0.1) is 0 Å². The number of guanidine groups is 1. The Bertz CT molecular complexity index is 700. The Morgan fingerprint density at radius 2 is 2.04 bits per heavy atom. The molecule has 2 N–H and O–H groups in total. The first kappa shape index (κ1) is 20.6. The van der Waals surface area contributed by atoms with E-state index in [4.69, 9.17) is 4.99 Å². The summed E-state index contributed by atoms with van der Waals surface area (Å²) in [6, 6.07) is 14.3. The number of nitrogens with zero attached hydrogens (tertiary/aromatic N) is 3. The first-order valence-electron chi connectivity index (χ1n) is 8.98. The highest BCUT2D eigenvalue weighted by Gasteiger charge is 2.19. The number of aliphatic imine (C=N–C) groups is 1. The maximum Gasteiger partial charge on any atom is 0.194 e. The maximum absolute atomic E-state index is 9.69. The van der Waals surface area contributed by atoms with Crippen LogP contribution in [0.3, 0.4) is 0 Å². The van der Waals surface area contributed by atoms with Gasteiger partial charge in [-0.25, -0.2) is 4.99 Å². The molecule has 0 bridgehead atoms. The number of rotatable bonds is 4. The molecule has 2 aromatic rings. The second-order valence-corrected chi connectivity index (χ2v) is 6.30. The van der Waals surface area contributed by atoms with Crippen molar-refractivity contribution < 1.29 is 5.11 Å². The largest absolute Gasteiger partial charge is 0.393 e. The zero-order valence-corrected chi connectivity index (χ0v) is 17.5. The Balaban J connectivity index is 0.00000243. The second-order valence-electron chi connectivity index (χ2n) is 6.30. The Kier molecular flexibility index (Phi) is 8.31. The fourth-order valence-electron chi connectivity index (χ4n) is 3.03. The smallest absolute Gasteiger partial charge is 0.194 e. The minimum Gasteiger partial charge on any atom is -0.393 e. The molecule has 0 atom stereocenters. The first-order valence-corrected chi connectivity index (χ1v) is 8.98. The number of aliphatic hydroxyl groups is 1. The molecule has 140 valence electrons. The van der Waals surface area contributed by atoms with Gasteiger partial charge in [0.15, 0.2) is 5.96 Å². The lowest BCUT2D eigenvalue weighted by molar-refractivity contribution is 0.108. The average molecular weight is 466 g/mol. The lowest BCUT2D eigenvalue weighted by Gasteiger charge is -2.32. The van der Waals surface area contributed by atoms with Crippen molar-refractivity contribution in [3.05, 3.63) is 54.2 Å². The van der Waals surface area contributed by atoms with Crippen LogP contribution in [-0.2, 0) is 6.54 Å². The monoisotopic (exact) mass is 466 g/mol. The molecular weight excluding hydrogens is 439 g/mol. The van der Waals surface area contributed by atoms with Crippen LogP contribution >= 0.6 is 24.0 Å². The average Bonchev–Trinajstić information content (AvgIpc) is 2.67. The fraction of sp³-hybridized carbons (Fsp3) is 0.400. The molecule has 0 unspecified atom stereocenters. The minimum atomic E-state index is -0.172. The standard InChI is InChI=1S/C20H26N4O.HI/c1-2-21-20(24-12-9-18(25)10-13-24)23-15-16-6-5-7-17(14-16)19-8-3-4-11-22-19;/h3-8,11,14,18,25H,2,9-10,12-13,15H2,1H3,(H,21,23);1H. The molecule has 2 heterocycles. The molecule has 26 heavy (non-hydrogen) atoms. The molecule has 5 nitrogen and oxygen atoms in total. The SMILES string of the molecule is CCNC(=NCc1cccc(-c2ccccn2)c1)N1CCC(O)CC1.I. The molecule has 0 spiro atoms. The number of aliphatic hydroxyl groups excluding tert-OH is 1. The summed E-state index contributed by atoms with van der Waals surface area (Å²) in [6.45, 7) is 5.24. The summed E-state index contributed by atoms with van der Waals surface area (Å²) in [5.74, 6) is 0.928. The summed E-state index contributed by atoms with van der Waals surface area (Å²) >= 11 is 0. The van der Waals surface area contributed by atoms with Crippen molar-refractivity contribution in [3.8, 4) is 11.3 Å². The Hall–Kier alpha value is -1.67. The van der Waals surface area contributed by atoms with Gasteiger partial charge in [0.05, 0.1) is 18.3 Å². The minimum absolute atomic E-state index is 0. The molecular formula is C20H27IN4O. The van der Waals surface area contributed by atoms with Crippen LogP contribution in [0.2, 0.25) is 0 Å². The third kappa shape index (κ3) is 5.67. The third-order valence-electron chi connectivity index (χ3n) is 4.40. The lowest BCUT2D eigenvalue weighted by atomic mass is 10.1. The van der Waals surface area contributed by atoms with Crippen LogP contribution < -0.4 is 5.32 Å². The molecule has 0 amide bonds. The second kappa shape index (κ2) is 10.5. The van der Waals surface area contributed by atoms with Gasteiger partial charge in [-0.15, -0.1) is 24.0 Å². The van der Waals surface area contributed by atoms with E-state index < -0.39 is 0 Å². The Morgan fingerprint density at radius 3 is 2.73 bits per heavy atom. The van der Waals surface area contributed by atoms with E-state index in [9.17, 15) is 5.11 Å². The number of aromatic nitrogens is 1. The van der Waals surface area contributed by atoms with E-state index >= 15 is 0 Å². The summed E-state index contributed by atoms with van der Waals surface area (Å²) in [4.78, 5) is 11.4. The van der Waals surface area contributed by atoms with Gasteiger partial charge in [0.1, 0.15) is 0 Å². The van der Waals surface area contributed by atoms with Gasteiger partial charge in [-0.2, -0.15) is 0 Å². The molecule has 1 aromatic carbocycles. The Morgan fingerprint density at radius 1 is 1.23 bits per heavy atom. The maximum atomic E-state index is 9.69.